The van der Waals surface area contributed by atoms with Gasteiger partial charge in [0.2, 0.25) is 5.91 Å². The Hall–Kier alpha value is -1.92. The molecule has 1 aromatic rings. The average Bonchev–Trinajstić information content (AvgIpc) is 3.08. The van der Waals surface area contributed by atoms with Crippen LogP contribution in [0.4, 0.5) is 4.79 Å². The SMILES string of the molecule is CCCCNC(=O)NC(=O)CN(Cc1ccccc1)CC1CCCO1. The molecule has 0 aromatic heterocycles. The number of benzene rings is 1. The number of unbranched alkanes of at least 4 members (excludes halogenated alkanes) is 1. The second-order valence-electron chi connectivity index (χ2n) is 6.45. The molecule has 0 spiro atoms. The van der Waals surface area contributed by atoms with Gasteiger partial charge in [0.15, 0.2) is 0 Å². The number of ether oxygens (including phenoxy) is 1. The molecule has 2 N–H and O–H groups in total. The van der Waals surface area contributed by atoms with Gasteiger partial charge >= 0.3 is 6.03 Å². The van der Waals surface area contributed by atoms with Crippen molar-refractivity contribution >= 4 is 11.9 Å². The molecule has 138 valence electrons. The number of rotatable bonds is 9. The number of nitrogens with one attached hydrogen (secondary N) is 2. The van der Waals surface area contributed by atoms with E-state index in [-0.39, 0.29) is 18.6 Å². The number of hydrogen-bond donors (Lipinski definition) is 2. The Bertz CT molecular complexity index is 530. The lowest BCUT2D eigenvalue weighted by Gasteiger charge is -2.24. The summed E-state index contributed by atoms with van der Waals surface area (Å²) in [4.78, 5) is 26.0. The Morgan fingerprint density at radius 3 is 2.76 bits per heavy atom. The number of hydrogen-bond acceptors (Lipinski definition) is 4. The van der Waals surface area contributed by atoms with Crippen molar-refractivity contribution in [2.24, 2.45) is 0 Å². The molecule has 2 rings (SSSR count). The van der Waals surface area contributed by atoms with E-state index in [9.17, 15) is 9.59 Å². The van der Waals surface area contributed by atoms with Crippen molar-refractivity contribution in [3.8, 4) is 0 Å². The number of carbonyl (C=O) groups excluding carboxylic acids is 2. The molecule has 0 radical (unpaired) electrons. The standard InChI is InChI=1S/C19H29N3O3/c1-2-3-11-20-19(24)21-18(23)15-22(14-17-10-7-12-25-17)13-16-8-5-4-6-9-16/h4-6,8-9,17H,2-3,7,10-15H2,1H3,(H2,20,21,23,24). The monoisotopic (exact) mass is 347 g/mol. The quantitative estimate of drug-likeness (QED) is 0.673. The van der Waals surface area contributed by atoms with Crippen LogP contribution in [0.3, 0.4) is 0 Å². The lowest BCUT2D eigenvalue weighted by atomic mass is 10.2. The molecule has 25 heavy (non-hydrogen) atoms. The largest absolute Gasteiger partial charge is 0.377 e. The molecule has 0 aliphatic carbocycles. The van der Waals surface area contributed by atoms with Gasteiger partial charge in [0.05, 0.1) is 12.6 Å². The van der Waals surface area contributed by atoms with E-state index in [0.29, 0.717) is 19.6 Å². The van der Waals surface area contributed by atoms with Crippen molar-refractivity contribution in [2.45, 2.75) is 45.3 Å². The summed E-state index contributed by atoms with van der Waals surface area (Å²) < 4.78 is 5.70. The summed E-state index contributed by atoms with van der Waals surface area (Å²) in [5.41, 5.74) is 1.14. The molecule has 0 saturated carbocycles. The molecule has 1 aliphatic heterocycles. The first-order chi connectivity index (χ1) is 12.2. The zero-order valence-corrected chi connectivity index (χ0v) is 15.0. The molecule has 1 atom stereocenters. The highest BCUT2D eigenvalue weighted by Crippen LogP contribution is 2.15. The fraction of sp³-hybridized carbons (Fsp3) is 0.579. The number of amides is 3. The number of carbonyl (C=O) groups is 2. The Morgan fingerprint density at radius 2 is 2.08 bits per heavy atom. The van der Waals surface area contributed by atoms with Crippen LogP contribution >= 0.6 is 0 Å². The van der Waals surface area contributed by atoms with Crippen molar-refractivity contribution in [2.75, 3.05) is 26.2 Å². The second-order valence-corrected chi connectivity index (χ2v) is 6.45. The van der Waals surface area contributed by atoms with Gasteiger partial charge in [-0.05, 0) is 24.8 Å². The molecule has 1 saturated heterocycles. The van der Waals surface area contributed by atoms with E-state index in [1.807, 2.05) is 35.2 Å². The molecule has 1 aliphatic rings. The summed E-state index contributed by atoms with van der Waals surface area (Å²) in [5.74, 6) is -0.289. The first-order valence-electron chi connectivity index (χ1n) is 9.13. The number of imide groups is 1. The fourth-order valence-electron chi connectivity index (χ4n) is 2.90. The van der Waals surface area contributed by atoms with Gasteiger partial charge in [-0.25, -0.2) is 4.79 Å². The van der Waals surface area contributed by atoms with E-state index in [1.165, 1.54) is 0 Å². The third-order valence-corrected chi connectivity index (χ3v) is 4.17. The van der Waals surface area contributed by atoms with Crippen molar-refractivity contribution in [3.63, 3.8) is 0 Å². The van der Waals surface area contributed by atoms with Crippen LogP contribution in [0.2, 0.25) is 0 Å². The molecular weight excluding hydrogens is 318 g/mol. The summed E-state index contributed by atoms with van der Waals surface area (Å²) in [7, 11) is 0. The summed E-state index contributed by atoms with van der Waals surface area (Å²) >= 11 is 0. The van der Waals surface area contributed by atoms with Gasteiger partial charge in [-0.3, -0.25) is 15.0 Å². The van der Waals surface area contributed by atoms with Gasteiger partial charge in [-0.2, -0.15) is 0 Å². The zero-order chi connectivity index (χ0) is 17.9. The predicted octanol–water partition coefficient (Wildman–Crippen LogP) is 2.29. The number of nitrogens with zero attached hydrogens (tertiary/aromatic N) is 1. The van der Waals surface area contributed by atoms with Gasteiger partial charge in [0.25, 0.3) is 0 Å². The van der Waals surface area contributed by atoms with Gasteiger partial charge in [-0.15, -0.1) is 0 Å². The van der Waals surface area contributed by atoms with Gasteiger partial charge in [-0.1, -0.05) is 43.7 Å². The van der Waals surface area contributed by atoms with E-state index < -0.39 is 6.03 Å². The molecule has 6 nitrogen and oxygen atoms in total. The van der Waals surface area contributed by atoms with E-state index in [1.54, 1.807) is 0 Å². The Morgan fingerprint density at radius 1 is 1.28 bits per heavy atom. The minimum atomic E-state index is -0.421. The van der Waals surface area contributed by atoms with Crippen LogP contribution in [0.1, 0.15) is 38.2 Å². The van der Waals surface area contributed by atoms with Crippen LogP contribution in [-0.4, -0.2) is 49.2 Å². The molecule has 1 fully saturated rings. The van der Waals surface area contributed by atoms with Crippen LogP contribution in [-0.2, 0) is 16.1 Å². The highest BCUT2D eigenvalue weighted by molar-refractivity contribution is 5.95. The predicted molar refractivity (Wildman–Crippen MR) is 97.1 cm³/mol. The van der Waals surface area contributed by atoms with Gasteiger partial charge in [0, 0.05) is 26.2 Å². The molecule has 1 unspecified atom stereocenters. The molecule has 6 heteroatoms. The Labute approximate surface area is 149 Å². The Kier molecular flexibility index (Phi) is 8.42. The maximum atomic E-state index is 12.2. The fourth-order valence-corrected chi connectivity index (χ4v) is 2.90. The van der Waals surface area contributed by atoms with Crippen LogP contribution in [0.25, 0.3) is 0 Å². The van der Waals surface area contributed by atoms with E-state index in [2.05, 4.69) is 17.6 Å². The van der Waals surface area contributed by atoms with Crippen molar-refractivity contribution in [1.29, 1.82) is 0 Å². The van der Waals surface area contributed by atoms with Crippen molar-refractivity contribution in [3.05, 3.63) is 35.9 Å². The van der Waals surface area contributed by atoms with Crippen LogP contribution < -0.4 is 10.6 Å². The topological polar surface area (TPSA) is 70.7 Å². The normalized spacial score (nSPS) is 16.8. The lowest BCUT2D eigenvalue weighted by Crippen LogP contribution is -2.45. The average molecular weight is 347 g/mol. The lowest BCUT2D eigenvalue weighted by molar-refractivity contribution is -0.121. The molecule has 0 bridgehead atoms. The zero-order valence-electron chi connectivity index (χ0n) is 15.0. The minimum absolute atomic E-state index is 0.162. The molecular formula is C19H29N3O3. The summed E-state index contributed by atoms with van der Waals surface area (Å²) in [5, 5.41) is 5.10. The minimum Gasteiger partial charge on any atom is -0.377 e. The van der Waals surface area contributed by atoms with Crippen LogP contribution in [0.5, 0.6) is 0 Å². The molecule has 1 heterocycles. The van der Waals surface area contributed by atoms with Crippen LogP contribution in [0, 0.1) is 0 Å². The third kappa shape index (κ3) is 7.67. The first-order valence-corrected chi connectivity index (χ1v) is 9.13. The molecule has 1 aromatic carbocycles. The van der Waals surface area contributed by atoms with Gasteiger partial charge < -0.3 is 10.1 Å². The second kappa shape index (κ2) is 10.8. The Balaban J connectivity index is 1.85. The molecule has 3 amide bonds. The van der Waals surface area contributed by atoms with E-state index in [0.717, 1.165) is 37.9 Å². The van der Waals surface area contributed by atoms with Crippen molar-refractivity contribution in [1.82, 2.24) is 15.5 Å². The third-order valence-electron chi connectivity index (χ3n) is 4.17. The highest BCUT2D eigenvalue weighted by atomic mass is 16.5. The van der Waals surface area contributed by atoms with Crippen LogP contribution in [0.15, 0.2) is 30.3 Å². The summed E-state index contributed by atoms with van der Waals surface area (Å²) in [6.07, 6.45) is 4.15. The number of urea groups is 1. The summed E-state index contributed by atoms with van der Waals surface area (Å²) in [6, 6.07) is 9.61. The maximum absolute atomic E-state index is 12.2. The first kappa shape index (κ1) is 19.4. The highest BCUT2D eigenvalue weighted by Gasteiger charge is 2.21. The van der Waals surface area contributed by atoms with Gasteiger partial charge in [0.1, 0.15) is 0 Å². The van der Waals surface area contributed by atoms with E-state index >= 15 is 0 Å². The smallest absolute Gasteiger partial charge is 0.321 e. The summed E-state index contributed by atoms with van der Waals surface area (Å²) in [6.45, 7) is 4.95. The van der Waals surface area contributed by atoms with Crippen molar-refractivity contribution < 1.29 is 14.3 Å². The maximum Gasteiger partial charge on any atom is 0.321 e. The van der Waals surface area contributed by atoms with E-state index in [4.69, 9.17) is 4.74 Å².